The van der Waals surface area contributed by atoms with Crippen LogP contribution in [0.25, 0.3) is 0 Å². The van der Waals surface area contributed by atoms with Gasteiger partial charge in [0.15, 0.2) is 4.34 Å². The summed E-state index contributed by atoms with van der Waals surface area (Å²) in [7, 11) is 0. The number of para-hydroxylation sites is 2. The Morgan fingerprint density at radius 1 is 1.36 bits per heavy atom. The maximum Gasteiger partial charge on any atom is 0.233 e. The number of thioether (sulfide) groups is 1. The lowest BCUT2D eigenvalue weighted by atomic mass is 10.3. The van der Waals surface area contributed by atoms with Crippen molar-refractivity contribution in [2.45, 2.75) is 11.3 Å². The first kappa shape index (κ1) is 18.0. The highest BCUT2D eigenvalue weighted by atomic mass is 32.2. The first-order valence-electron chi connectivity index (χ1n) is 8.07. The zero-order valence-electron chi connectivity index (χ0n) is 13.9. The Bertz CT molecular complexity index is 704. The van der Waals surface area contributed by atoms with Crippen molar-refractivity contribution in [3.8, 4) is 5.75 Å². The van der Waals surface area contributed by atoms with Crippen LogP contribution < -0.4 is 10.1 Å². The molecular formula is C16H20N4O3S2. The van der Waals surface area contributed by atoms with Crippen molar-refractivity contribution in [2.24, 2.45) is 0 Å². The van der Waals surface area contributed by atoms with Crippen molar-refractivity contribution in [3.05, 3.63) is 24.3 Å². The summed E-state index contributed by atoms with van der Waals surface area (Å²) in [6.07, 6.45) is 0. The number of carbonyl (C=O) groups is 1. The normalized spacial score (nSPS) is 14.4. The van der Waals surface area contributed by atoms with Crippen molar-refractivity contribution < 1.29 is 14.3 Å². The van der Waals surface area contributed by atoms with Crippen LogP contribution in [-0.2, 0) is 9.53 Å². The zero-order chi connectivity index (χ0) is 17.5. The molecule has 7 nitrogen and oxygen atoms in total. The predicted octanol–water partition coefficient (Wildman–Crippen LogP) is 2.63. The molecule has 0 unspecified atom stereocenters. The highest BCUT2D eigenvalue weighted by molar-refractivity contribution is 8.01. The highest BCUT2D eigenvalue weighted by Crippen LogP contribution is 2.31. The number of benzene rings is 1. The molecule has 0 bridgehead atoms. The number of nitrogens with zero attached hydrogens (tertiary/aromatic N) is 3. The number of anilines is 2. The van der Waals surface area contributed by atoms with Crippen LogP contribution in [0.2, 0.25) is 0 Å². The second-order valence-corrected chi connectivity index (χ2v) is 7.41. The third-order valence-corrected chi connectivity index (χ3v) is 5.47. The van der Waals surface area contributed by atoms with Crippen LogP contribution in [0.15, 0.2) is 28.6 Å². The van der Waals surface area contributed by atoms with Gasteiger partial charge in [0.1, 0.15) is 5.75 Å². The second-order valence-electron chi connectivity index (χ2n) is 5.21. The number of amides is 1. The van der Waals surface area contributed by atoms with E-state index in [-0.39, 0.29) is 5.91 Å². The fourth-order valence-corrected chi connectivity index (χ4v) is 3.98. The average Bonchev–Trinajstić information content (AvgIpc) is 3.10. The minimum atomic E-state index is 0.111. The molecule has 9 heteroatoms. The fourth-order valence-electron chi connectivity index (χ4n) is 2.31. The maximum atomic E-state index is 12.2. The van der Waals surface area contributed by atoms with E-state index in [1.165, 1.54) is 23.1 Å². The standard InChI is InChI=1S/C16H20N4O3S2/c1-2-23-13-6-4-3-5-12(13)17-15-18-19-16(25-15)24-11-14(21)20-7-9-22-10-8-20/h3-6H,2,7-11H2,1H3,(H,17,18). The van der Waals surface area contributed by atoms with E-state index in [1.54, 1.807) is 0 Å². The summed E-state index contributed by atoms with van der Waals surface area (Å²) in [5.74, 6) is 1.25. The smallest absolute Gasteiger partial charge is 0.233 e. The van der Waals surface area contributed by atoms with Crippen molar-refractivity contribution in [1.82, 2.24) is 15.1 Å². The lowest BCUT2D eigenvalue weighted by molar-refractivity contribution is -0.132. The van der Waals surface area contributed by atoms with Gasteiger partial charge in [0.05, 0.1) is 31.3 Å². The summed E-state index contributed by atoms with van der Waals surface area (Å²) in [4.78, 5) is 14.0. The van der Waals surface area contributed by atoms with E-state index in [2.05, 4.69) is 15.5 Å². The van der Waals surface area contributed by atoms with Gasteiger partial charge in [0.2, 0.25) is 11.0 Å². The summed E-state index contributed by atoms with van der Waals surface area (Å²) in [5, 5.41) is 12.2. The second kappa shape index (κ2) is 9.02. The monoisotopic (exact) mass is 380 g/mol. The third-order valence-electron chi connectivity index (χ3n) is 3.52. The van der Waals surface area contributed by atoms with Crippen LogP contribution in [-0.4, -0.2) is 59.7 Å². The molecule has 1 N–H and O–H groups in total. The Kier molecular flexibility index (Phi) is 6.48. The van der Waals surface area contributed by atoms with Crippen molar-refractivity contribution in [3.63, 3.8) is 0 Å². The molecule has 0 atom stereocenters. The summed E-state index contributed by atoms with van der Waals surface area (Å²) in [6.45, 7) is 5.10. The number of carbonyl (C=O) groups excluding carboxylic acids is 1. The number of rotatable bonds is 7. The Morgan fingerprint density at radius 2 is 2.16 bits per heavy atom. The van der Waals surface area contributed by atoms with E-state index in [1.807, 2.05) is 36.1 Å². The molecule has 0 radical (unpaired) electrons. The third kappa shape index (κ3) is 5.07. The molecule has 2 heterocycles. The lowest BCUT2D eigenvalue weighted by Crippen LogP contribution is -2.41. The van der Waals surface area contributed by atoms with Gasteiger partial charge < -0.3 is 19.7 Å². The van der Waals surface area contributed by atoms with E-state index >= 15 is 0 Å². The molecule has 1 aliphatic rings. The van der Waals surface area contributed by atoms with Gasteiger partial charge in [-0.3, -0.25) is 4.79 Å². The summed E-state index contributed by atoms with van der Waals surface area (Å²) >= 11 is 2.83. The number of morpholine rings is 1. The van der Waals surface area contributed by atoms with Crippen LogP contribution >= 0.6 is 23.1 Å². The molecule has 1 aliphatic heterocycles. The number of aromatic nitrogens is 2. The van der Waals surface area contributed by atoms with E-state index in [9.17, 15) is 4.79 Å². The lowest BCUT2D eigenvalue weighted by Gasteiger charge is -2.26. The van der Waals surface area contributed by atoms with Crippen molar-refractivity contribution in [2.75, 3.05) is 44.0 Å². The van der Waals surface area contributed by atoms with E-state index in [0.717, 1.165) is 15.8 Å². The maximum absolute atomic E-state index is 12.2. The predicted molar refractivity (Wildman–Crippen MR) is 98.9 cm³/mol. The summed E-state index contributed by atoms with van der Waals surface area (Å²) in [6, 6.07) is 7.70. The molecular weight excluding hydrogens is 360 g/mol. The van der Waals surface area contributed by atoms with Gasteiger partial charge in [0.25, 0.3) is 0 Å². The Labute approximate surface area is 154 Å². The topological polar surface area (TPSA) is 76.6 Å². The Balaban J connectivity index is 1.55. The number of nitrogens with one attached hydrogen (secondary N) is 1. The van der Waals surface area contributed by atoms with Gasteiger partial charge in [-0.15, -0.1) is 10.2 Å². The van der Waals surface area contributed by atoms with Gasteiger partial charge in [-0.25, -0.2) is 0 Å². The molecule has 0 aliphatic carbocycles. The largest absolute Gasteiger partial charge is 0.492 e. The first-order chi connectivity index (χ1) is 12.3. The molecule has 0 spiro atoms. The summed E-state index contributed by atoms with van der Waals surface area (Å²) in [5.41, 5.74) is 0.849. The van der Waals surface area contributed by atoms with Crippen LogP contribution in [0.4, 0.5) is 10.8 Å². The molecule has 1 aromatic carbocycles. The molecule has 1 amide bonds. The van der Waals surface area contributed by atoms with E-state index < -0.39 is 0 Å². The van der Waals surface area contributed by atoms with Crippen molar-refractivity contribution >= 4 is 39.8 Å². The van der Waals surface area contributed by atoms with Gasteiger partial charge in [-0.2, -0.15) is 0 Å². The molecule has 2 aromatic rings. The Hall–Kier alpha value is -1.84. The fraction of sp³-hybridized carbons (Fsp3) is 0.438. The van der Waals surface area contributed by atoms with Crippen LogP contribution in [0.5, 0.6) is 5.75 Å². The number of hydrogen-bond donors (Lipinski definition) is 1. The average molecular weight is 380 g/mol. The number of ether oxygens (including phenoxy) is 2. The Morgan fingerprint density at radius 3 is 2.96 bits per heavy atom. The van der Waals surface area contributed by atoms with Gasteiger partial charge in [-0.1, -0.05) is 35.2 Å². The molecule has 1 fully saturated rings. The molecule has 1 saturated heterocycles. The zero-order valence-corrected chi connectivity index (χ0v) is 15.6. The SMILES string of the molecule is CCOc1ccccc1Nc1nnc(SCC(=O)N2CCOCC2)s1. The van der Waals surface area contributed by atoms with Gasteiger partial charge >= 0.3 is 0 Å². The van der Waals surface area contributed by atoms with Gasteiger partial charge in [-0.05, 0) is 19.1 Å². The molecule has 134 valence electrons. The van der Waals surface area contributed by atoms with E-state index in [4.69, 9.17) is 9.47 Å². The minimum absolute atomic E-state index is 0.111. The first-order valence-corrected chi connectivity index (χ1v) is 9.87. The summed E-state index contributed by atoms with van der Waals surface area (Å²) < 4.78 is 11.6. The molecule has 25 heavy (non-hydrogen) atoms. The molecule has 1 aromatic heterocycles. The highest BCUT2D eigenvalue weighted by Gasteiger charge is 2.18. The molecule has 3 rings (SSSR count). The minimum Gasteiger partial charge on any atom is -0.492 e. The quantitative estimate of drug-likeness (QED) is 0.740. The van der Waals surface area contributed by atoms with Gasteiger partial charge in [0, 0.05) is 13.1 Å². The number of hydrogen-bond acceptors (Lipinski definition) is 8. The van der Waals surface area contributed by atoms with Crippen molar-refractivity contribution in [1.29, 1.82) is 0 Å². The van der Waals surface area contributed by atoms with Crippen LogP contribution in [0.3, 0.4) is 0 Å². The van der Waals surface area contributed by atoms with E-state index in [0.29, 0.717) is 43.8 Å². The molecule has 0 saturated carbocycles. The van der Waals surface area contributed by atoms with Crippen LogP contribution in [0.1, 0.15) is 6.92 Å². The van der Waals surface area contributed by atoms with Crippen LogP contribution in [0, 0.1) is 0 Å².